The van der Waals surface area contributed by atoms with Crippen LogP contribution in [0.4, 0.5) is 0 Å². The quantitative estimate of drug-likeness (QED) is 0.923. The molecule has 1 aromatic heterocycles. The minimum Gasteiger partial charge on any atom is -0.244 e. The van der Waals surface area contributed by atoms with Gasteiger partial charge in [-0.2, -0.15) is 17.4 Å². The van der Waals surface area contributed by atoms with E-state index in [0.29, 0.717) is 6.54 Å². The summed E-state index contributed by atoms with van der Waals surface area (Å²) in [5.41, 5.74) is 1.06. The molecule has 106 valence electrons. The average Bonchev–Trinajstić information content (AvgIpc) is 2.92. The highest BCUT2D eigenvalue weighted by atomic mass is 32.2. The van der Waals surface area contributed by atoms with Crippen LogP contribution in [0.3, 0.4) is 0 Å². The molecule has 2 heterocycles. The van der Waals surface area contributed by atoms with Gasteiger partial charge in [0.05, 0.1) is 6.04 Å². The number of nitrogens with zero attached hydrogens (tertiary/aromatic N) is 2. The molecule has 1 aromatic carbocycles. The van der Waals surface area contributed by atoms with Crippen molar-refractivity contribution >= 4 is 21.5 Å². The van der Waals surface area contributed by atoms with Crippen molar-refractivity contribution in [3.05, 3.63) is 41.4 Å². The van der Waals surface area contributed by atoms with Gasteiger partial charge >= 0.3 is 0 Å². The maximum Gasteiger partial charge on any atom is 0.279 e. The van der Waals surface area contributed by atoms with Crippen LogP contribution in [-0.2, 0) is 10.2 Å². The van der Waals surface area contributed by atoms with E-state index in [9.17, 15) is 8.42 Å². The second-order valence-electron chi connectivity index (χ2n) is 4.72. The van der Waals surface area contributed by atoms with Crippen LogP contribution < -0.4 is 4.72 Å². The van der Waals surface area contributed by atoms with E-state index in [0.717, 1.165) is 21.9 Å². The first kappa shape index (κ1) is 13.7. The summed E-state index contributed by atoms with van der Waals surface area (Å²) in [6, 6.07) is 9.72. The molecule has 0 radical (unpaired) electrons. The molecule has 1 N–H and O–H groups in total. The van der Waals surface area contributed by atoms with E-state index >= 15 is 0 Å². The summed E-state index contributed by atoms with van der Waals surface area (Å²) in [5, 5.41) is 0.915. The van der Waals surface area contributed by atoms with Gasteiger partial charge < -0.3 is 0 Å². The molecule has 2 aromatic rings. The van der Waals surface area contributed by atoms with Crippen molar-refractivity contribution in [1.82, 2.24) is 14.0 Å². The van der Waals surface area contributed by atoms with Crippen LogP contribution in [0, 0.1) is 0 Å². The molecule has 1 fully saturated rings. The van der Waals surface area contributed by atoms with E-state index in [1.54, 1.807) is 13.2 Å². The zero-order chi connectivity index (χ0) is 14.2. The third-order valence-electron chi connectivity index (χ3n) is 3.32. The highest BCUT2D eigenvalue weighted by molar-refractivity contribution is 7.87. The summed E-state index contributed by atoms with van der Waals surface area (Å²) in [4.78, 5) is 5.36. The normalized spacial score (nSPS) is 22.8. The number of rotatable bonds is 2. The first-order chi connectivity index (χ1) is 9.56. The number of nitrogens with one attached hydrogen (secondary N) is 1. The van der Waals surface area contributed by atoms with Crippen LogP contribution in [0.1, 0.15) is 17.3 Å². The fourth-order valence-electron chi connectivity index (χ4n) is 2.12. The fraction of sp³-hybridized carbons (Fsp3) is 0.308. The summed E-state index contributed by atoms with van der Waals surface area (Å²) >= 11 is 1.54. The van der Waals surface area contributed by atoms with Gasteiger partial charge in [0, 0.05) is 30.2 Å². The first-order valence-electron chi connectivity index (χ1n) is 6.31. The van der Waals surface area contributed by atoms with E-state index in [4.69, 9.17) is 0 Å². The van der Waals surface area contributed by atoms with Crippen LogP contribution >= 0.6 is 11.3 Å². The van der Waals surface area contributed by atoms with Gasteiger partial charge in [0.1, 0.15) is 5.01 Å². The van der Waals surface area contributed by atoms with E-state index in [2.05, 4.69) is 9.71 Å². The Hall–Kier alpha value is -1.28. The van der Waals surface area contributed by atoms with Crippen molar-refractivity contribution in [3.8, 4) is 10.6 Å². The Labute approximate surface area is 122 Å². The minimum absolute atomic E-state index is 0.175. The second kappa shape index (κ2) is 5.25. The third kappa shape index (κ3) is 2.62. The van der Waals surface area contributed by atoms with Crippen molar-refractivity contribution in [2.45, 2.75) is 12.5 Å². The van der Waals surface area contributed by atoms with E-state index in [1.807, 2.05) is 30.3 Å². The maximum atomic E-state index is 11.8. The van der Waals surface area contributed by atoms with Gasteiger partial charge in [-0.3, -0.25) is 0 Å². The molecule has 1 aliphatic rings. The zero-order valence-corrected chi connectivity index (χ0v) is 12.6. The highest BCUT2D eigenvalue weighted by Crippen LogP contribution is 2.32. The van der Waals surface area contributed by atoms with Crippen molar-refractivity contribution in [2.24, 2.45) is 0 Å². The molecule has 1 saturated heterocycles. The Balaban J connectivity index is 1.85. The summed E-state index contributed by atoms with van der Waals surface area (Å²) in [5.74, 6) is 0. The molecule has 0 bridgehead atoms. The van der Waals surface area contributed by atoms with Crippen molar-refractivity contribution in [1.29, 1.82) is 0 Å². The Morgan fingerprint density at radius 1 is 1.35 bits per heavy atom. The van der Waals surface area contributed by atoms with E-state index < -0.39 is 10.2 Å². The Morgan fingerprint density at radius 3 is 2.80 bits per heavy atom. The SMILES string of the molecule is CN1CC[C@@H](c2cnc(-c3ccccc3)s2)NS1(=O)=O. The molecule has 3 rings (SSSR count). The monoisotopic (exact) mass is 309 g/mol. The Bertz CT molecular complexity index is 697. The lowest BCUT2D eigenvalue weighted by molar-refractivity contribution is 0.384. The van der Waals surface area contributed by atoms with Gasteiger partial charge in [0.15, 0.2) is 0 Å². The zero-order valence-electron chi connectivity index (χ0n) is 11.0. The van der Waals surface area contributed by atoms with Gasteiger partial charge in [-0.15, -0.1) is 11.3 Å². The number of aromatic nitrogens is 1. The smallest absolute Gasteiger partial charge is 0.244 e. The minimum atomic E-state index is -3.35. The Morgan fingerprint density at radius 2 is 2.10 bits per heavy atom. The lowest BCUT2D eigenvalue weighted by Gasteiger charge is -2.28. The summed E-state index contributed by atoms with van der Waals surface area (Å²) in [6.45, 7) is 0.526. The number of benzene rings is 1. The highest BCUT2D eigenvalue weighted by Gasteiger charge is 2.30. The van der Waals surface area contributed by atoms with Crippen LogP contribution in [0.25, 0.3) is 10.6 Å². The molecule has 0 spiro atoms. The lowest BCUT2D eigenvalue weighted by atomic mass is 10.2. The van der Waals surface area contributed by atoms with Crippen LogP contribution in [0.15, 0.2) is 36.5 Å². The average molecular weight is 309 g/mol. The van der Waals surface area contributed by atoms with Crippen molar-refractivity contribution < 1.29 is 8.42 Å². The number of hydrogen-bond donors (Lipinski definition) is 1. The third-order valence-corrected chi connectivity index (χ3v) is 6.07. The van der Waals surface area contributed by atoms with Gasteiger partial charge in [-0.1, -0.05) is 30.3 Å². The second-order valence-corrected chi connectivity index (χ2v) is 7.59. The molecule has 1 aliphatic heterocycles. The first-order valence-corrected chi connectivity index (χ1v) is 8.57. The summed E-state index contributed by atoms with van der Waals surface area (Å²) in [6.07, 6.45) is 2.53. The van der Waals surface area contributed by atoms with Gasteiger partial charge in [-0.05, 0) is 6.42 Å². The van der Waals surface area contributed by atoms with Gasteiger partial charge in [-0.25, -0.2) is 4.98 Å². The number of thiazole rings is 1. The van der Waals surface area contributed by atoms with Crippen molar-refractivity contribution in [2.75, 3.05) is 13.6 Å². The molecule has 0 unspecified atom stereocenters. The molecular formula is C13H15N3O2S2. The van der Waals surface area contributed by atoms with E-state index in [-0.39, 0.29) is 6.04 Å². The van der Waals surface area contributed by atoms with Crippen LogP contribution in [0.5, 0.6) is 0 Å². The molecule has 5 nitrogen and oxygen atoms in total. The molecule has 7 heteroatoms. The van der Waals surface area contributed by atoms with Gasteiger partial charge in [0.2, 0.25) is 0 Å². The lowest BCUT2D eigenvalue weighted by Crippen LogP contribution is -2.46. The maximum absolute atomic E-state index is 11.8. The molecule has 1 atom stereocenters. The molecule has 0 saturated carbocycles. The largest absolute Gasteiger partial charge is 0.279 e. The topological polar surface area (TPSA) is 62.3 Å². The summed E-state index contributed by atoms with van der Waals surface area (Å²) < 4.78 is 27.7. The Kier molecular flexibility index (Phi) is 3.59. The van der Waals surface area contributed by atoms with E-state index in [1.165, 1.54) is 15.6 Å². The summed E-state index contributed by atoms with van der Waals surface area (Å²) in [7, 11) is -1.77. The predicted octanol–water partition coefficient (Wildman–Crippen LogP) is 2.02. The molecule has 0 amide bonds. The van der Waals surface area contributed by atoms with Gasteiger partial charge in [0.25, 0.3) is 10.2 Å². The van der Waals surface area contributed by atoms with Crippen LogP contribution in [-0.4, -0.2) is 31.3 Å². The fourth-order valence-corrected chi connectivity index (χ4v) is 4.33. The van der Waals surface area contributed by atoms with Crippen LogP contribution in [0.2, 0.25) is 0 Å². The molecule has 0 aliphatic carbocycles. The molecule has 20 heavy (non-hydrogen) atoms. The number of hydrogen-bond acceptors (Lipinski definition) is 4. The standard InChI is InChI=1S/C13H15N3O2S2/c1-16-8-7-11(15-20(16,17)18)12-9-14-13(19-12)10-5-3-2-4-6-10/h2-6,9,11,15H,7-8H2,1H3/t11-/m0/s1. The predicted molar refractivity (Wildman–Crippen MR) is 79.6 cm³/mol. The molecular weight excluding hydrogens is 294 g/mol. The van der Waals surface area contributed by atoms with Crippen molar-refractivity contribution in [3.63, 3.8) is 0 Å².